The molecule has 1 heterocycles. The van der Waals surface area contributed by atoms with Crippen LogP contribution >= 0.6 is 0 Å². The summed E-state index contributed by atoms with van der Waals surface area (Å²) in [6.07, 6.45) is 0. The molecule has 0 aromatic heterocycles. The van der Waals surface area contributed by atoms with Crippen molar-refractivity contribution in [1.29, 1.82) is 0 Å². The van der Waals surface area contributed by atoms with Crippen molar-refractivity contribution in [3.8, 4) is 0 Å². The Morgan fingerprint density at radius 1 is 0.875 bits per heavy atom. The Morgan fingerprint density at radius 2 is 1.31 bits per heavy atom. The Labute approximate surface area is 95.8 Å². The summed E-state index contributed by atoms with van der Waals surface area (Å²) in [6, 6.07) is 14.4. The van der Waals surface area contributed by atoms with E-state index >= 15 is 0 Å². The molecule has 0 amide bonds. The fourth-order valence-corrected chi connectivity index (χ4v) is 5.63. The number of benzene rings is 2. The predicted molar refractivity (Wildman–Crippen MR) is 64.1 cm³/mol. The fourth-order valence-electron chi connectivity index (χ4n) is 1.96. The van der Waals surface area contributed by atoms with Gasteiger partial charge in [-0.1, -0.05) is 0 Å². The van der Waals surface area contributed by atoms with Crippen LogP contribution in [0.3, 0.4) is 0 Å². The van der Waals surface area contributed by atoms with Crippen LogP contribution in [0.15, 0.2) is 48.5 Å². The molecule has 0 spiro atoms. The normalized spacial score (nSPS) is 15.8. The molecule has 3 nitrogen and oxygen atoms in total. The third kappa shape index (κ3) is 1.26. The molecule has 2 N–H and O–H groups in total. The summed E-state index contributed by atoms with van der Waals surface area (Å²) in [6.45, 7) is 0. The van der Waals surface area contributed by atoms with Crippen LogP contribution in [-0.4, -0.2) is 17.9 Å². The molecular weight excluding hydrogens is 265 g/mol. The molecule has 4 heteroatoms. The average Bonchev–Trinajstić information content (AvgIpc) is 2.29. The Hall–Kier alpha value is -1.44. The molecule has 0 unspecified atom stereocenters. The molecule has 0 saturated heterocycles. The van der Waals surface area contributed by atoms with E-state index in [-0.39, 0.29) is 0 Å². The summed E-state index contributed by atoms with van der Waals surface area (Å²) < 4.78 is 23.8. The predicted octanol–water partition coefficient (Wildman–Crippen LogP) is 0.723. The molecular formula is C12H10AsNO2. The molecule has 16 heavy (non-hydrogen) atoms. The van der Waals surface area contributed by atoms with Crippen molar-refractivity contribution in [2.75, 3.05) is 5.32 Å². The maximum atomic E-state index is 12.5. The van der Waals surface area contributed by atoms with E-state index in [0.29, 0.717) is 8.70 Å². The Bertz CT molecular complexity index is 560. The van der Waals surface area contributed by atoms with Gasteiger partial charge in [-0.15, -0.1) is 0 Å². The van der Waals surface area contributed by atoms with Gasteiger partial charge in [0.05, 0.1) is 0 Å². The third-order valence-corrected chi connectivity index (χ3v) is 7.11. The topological polar surface area (TPSA) is 49.3 Å². The second-order valence-corrected chi connectivity index (χ2v) is 8.17. The van der Waals surface area contributed by atoms with Crippen LogP contribution in [0.4, 0.5) is 11.4 Å². The van der Waals surface area contributed by atoms with E-state index in [4.69, 9.17) is 0 Å². The van der Waals surface area contributed by atoms with Gasteiger partial charge < -0.3 is 0 Å². The number of rotatable bonds is 0. The molecule has 0 bridgehead atoms. The van der Waals surface area contributed by atoms with Crippen LogP contribution in [0.1, 0.15) is 0 Å². The number of fused-ring (bicyclic) bond motifs is 2. The average molecular weight is 275 g/mol. The summed E-state index contributed by atoms with van der Waals surface area (Å²) in [4.78, 5) is 0. The molecule has 80 valence electrons. The number of para-hydroxylation sites is 2. The van der Waals surface area contributed by atoms with Gasteiger partial charge in [-0.05, 0) is 0 Å². The van der Waals surface area contributed by atoms with Gasteiger partial charge in [-0.3, -0.25) is 0 Å². The van der Waals surface area contributed by atoms with Gasteiger partial charge in [0.25, 0.3) is 0 Å². The summed E-state index contributed by atoms with van der Waals surface area (Å²) in [5.41, 5.74) is 1.48. The summed E-state index contributed by atoms with van der Waals surface area (Å²) in [5, 5.41) is 3.18. The molecule has 1 aliphatic heterocycles. The van der Waals surface area contributed by atoms with Gasteiger partial charge in [0.15, 0.2) is 0 Å². The third-order valence-electron chi connectivity index (χ3n) is 2.73. The SMILES string of the molecule is O=[As]1(O)c2ccccc2Nc2ccccc21. The summed E-state index contributed by atoms with van der Waals surface area (Å²) >= 11 is -4.12. The minimum atomic E-state index is -4.12. The molecule has 0 saturated carbocycles. The first-order valence-electron chi connectivity index (χ1n) is 4.98. The molecule has 0 radical (unpaired) electrons. The molecule has 0 aliphatic carbocycles. The second kappa shape index (κ2) is 3.27. The first-order valence-corrected chi connectivity index (χ1v) is 8.47. The number of anilines is 2. The maximum absolute atomic E-state index is 12.5. The van der Waals surface area contributed by atoms with Crippen LogP contribution in [-0.2, 0) is 3.74 Å². The van der Waals surface area contributed by atoms with Gasteiger partial charge in [-0.2, -0.15) is 0 Å². The Morgan fingerprint density at radius 3 is 1.81 bits per heavy atom. The van der Waals surface area contributed by atoms with Gasteiger partial charge >= 0.3 is 95.6 Å². The molecule has 3 rings (SSSR count). The number of nitrogens with one attached hydrogen (secondary N) is 1. The fraction of sp³-hybridized carbons (Fsp3) is 0. The van der Waals surface area contributed by atoms with Crippen LogP contribution in [0.5, 0.6) is 0 Å². The first-order chi connectivity index (χ1) is 7.69. The van der Waals surface area contributed by atoms with E-state index in [9.17, 15) is 7.84 Å². The van der Waals surface area contributed by atoms with Crippen molar-refractivity contribution in [2.24, 2.45) is 0 Å². The molecule has 2 aromatic rings. The zero-order valence-corrected chi connectivity index (χ0v) is 10.3. The zero-order chi connectivity index (χ0) is 11.2. The Balaban J connectivity index is 2.33. The Kier molecular flexibility index (Phi) is 2.00. The number of hydrogen-bond donors (Lipinski definition) is 2. The van der Waals surface area contributed by atoms with Crippen molar-refractivity contribution >= 4 is 33.9 Å². The summed E-state index contributed by atoms with van der Waals surface area (Å²) in [5.74, 6) is 0. The second-order valence-electron chi connectivity index (χ2n) is 3.74. The standard InChI is InChI=1S/C12H10AsNO2/c15-13(16)9-5-1-3-7-11(9)14-12-8-4-2-6-10(12)13/h1-8,14H,(H,15,16). The van der Waals surface area contributed by atoms with E-state index in [2.05, 4.69) is 5.32 Å². The van der Waals surface area contributed by atoms with Crippen molar-refractivity contribution in [1.82, 2.24) is 0 Å². The van der Waals surface area contributed by atoms with Crippen molar-refractivity contribution in [3.05, 3.63) is 48.5 Å². The van der Waals surface area contributed by atoms with Crippen LogP contribution in [0.2, 0.25) is 0 Å². The molecule has 0 atom stereocenters. The summed E-state index contributed by atoms with van der Waals surface area (Å²) in [7, 11) is 0. The van der Waals surface area contributed by atoms with E-state index in [0.717, 1.165) is 11.4 Å². The van der Waals surface area contributed by atoms with Gasteiger partial charge in [0, 0.05) is 0 Å². The van der Waals surface area contributed by atoms with E-state index in [1.165, 1.54) is 0 Å². The van der Waals surface area contributed by atoms with Gasteiger partial charge in [0.1, 0.15) is 0 Å². The van der Waals surface area contributed by atoms with Crippen LogP contribution < -0.4 is 14.0 Å². The van der Waals surface area contributed by atoms with Crippen molar-refractivity contribution in [3.63, 3.8) is 0 Å². The van der Waals surface area contributed by atoms with Crippen molar-refractivity contribution in [2.45, 2.75) is 0 Å². The van der Waals surface area contributed by atoms with Gasteiger partial charge in [0.2, 0.25) is 0 Å². The molecule has 2 aromatic carbocycles. The van der Waals surface area contributed by atoms with E-state index in [1.54, 1.807) is 24.3 Å². The van der Waals surface area contributed by atoms with Gasteiger partial charge in [-0.25, -0.2) is 0 Å². The van der Waals surface area contributed by atoms with E-state index < -0.39 is 13.8 Å². The molecule has 1 aliphatic rings. The minimum absolute atomic E-state index is 0.541. The molecule has 0 fully saturated rings. The van der Waals surface area contributed by atoms with Crippen LogP contribution in [0.25, 0.3) is 0 Å². The monoisotopic (exact) mass is 275 g/mol. The number of hydrogen-bond acceptors (Lipinski definition) is 2. The van der Waals surface area contributed by atoms with Crippen LogP contribution in [0, 0.1) is 0 Å². The van der Waals surface area contributed by atoms with E-state index in [1.807, 2.05) is 24.3 Å². The quantitative estimate of drug-likeness (QED) is 0.697. The zero-order valence-electron chi connectivity index (χ0n) is 8.42. The van der Waals surface area contributed by atoms with Crippen molar-refractivity contribution < 1.29 is 7.84 Å². The first kappa shape index (κ1) is 9.76.